The van der Waals surface area contributed by atoms with Crippen LogP contribution in [0, 0.1) is 0 Å². The van der Waals surface area contributed by atoms with Crippen LogP contribution in [0.5, 0.6) is 0 Å². The molecule has 1 fully saturated rings. The van der Waals surface area contributed by atoms with E-state index in [0.717, 1.165) is 0 Å². The first-order valence-electron chi connectivity index (χ1n) is 6.64. The number of para-hydroxylation sites is 2. The molecule has 1 aromatic carbocycles. The molecule has 0 radical (unpaired) electrons. The molecule has 0 saturated carbocycles. The summed E-state index contributed by atoms with van der Waals surface area (Å²) in [6, 6.07) is 6.30. The molecule has 7 heteroatoms. The van der Waals surface area contributed by atoms with E-state index in [1.54, 1.807) is 12.1 Å². The van der Waals surface area contributed by atoms with Gasteiger partial charge < -0.3 is 19.9 Å². The lowest BCUT2D eigenvalue weighted by Crippen LogP contribution is -2.69. The van der Waals surface area contributed by atoms with Crippen molar-refractivity contribution in [3.8, 4) is 0 Å². The van der Waals surface area contributed by atoms with E-state index in [1.165, 1.54) is 4.90 Å². The van der Waals surface area contributed by atoms with Crippen molar-refractivity contribution in [1.82, 2.24) is 14.9 Å². The van der Waals surface area contributed by atoms with E-state index in [4.69, 9.17) is 0 Å². The molecule has 2 N–H and O–H groups in total. The number of hydrogen-bond donors (Lipinski definition) is 2. The monoisotopic (exact) mass is 288 g/mol. The number of benzene rings is 1. The van der Waals surface area contributed by atoms with E-state index in [0.29, 0.717) is 17.6 Å². The maximum absolute atomic E-state index is 12.1. The molecular formula is C14H16N4O3. The number of likely N-dealkylation sites (N-methyl/N-ethyl adjacent to an activating group) is 1. The number of carboxylic acids is 1. The van der Waals surface area contributed by atoms with E-state index in [9.17, 15) is 14.7 Å². The Morgan fingerprint density at radius 1 is 1.43 bits per heavy atom. The van der Waals surface area contributed by atoms with Crippen molar-refractivity contribution < 1.29 is 9.90 Å². The first-order chi connectivity index (χ1) is 9.99. The van der Waals surface area contributed by atoms with Gasteiger partial charge in [0.15, 0.2) is 5.82 Å². The highest BCUT2D eigenvalue weighted by atomic mass is 16.4. The number of aromatic nitrogens is 2. The summed E-state index contributed by atoms with van der Waals surface area (Å²) in [5.41, 5.74) is 0.921. The molecule has 0 bridgehead atoms. The molecular weight excluding hydrogens is 272 g/mol. The van der Waals surface area contributed by atoms with Gasteiger partial charge in [0.1, 0.15) is 6.04 Å². The number of nitrogens with zero attached hydrogens (tertiary/aromatic N) is 3. The largest absolute Gasteiger partial charge is 0.480 e. The normalized spacial score (nSPS) is 21.6. The molecule has 1 aliphatic rings. The van der Waals surface area contributed by atoms with Gasteiger partial charge in [-0.05, 0) is 26.2 Å². The number of H-pyrrole nitrogens is 1. The van der Waals surface area contributed by atoms with Gasteiger partial charge in [0.05, 0.1) is 17.1 Å². The maximum atomic E-state index is 12.1. The fourth-order valence-electron chi connectivity index (χ4n) is 2.66. The van der Waals surface area contributed by atoms with Crippen LogP contribution in [-0.4, -0.2) is 58.7 Å². The molecule has 1 saturated heterocycles. The van der Waals surface area contributed by atoms with Gasteiger partial charge in [0.25, 0.3) is 5.56 Å². The van der Waals surface area contributed by atoms with Gasteiger partial charge in [-0.2, -0.15) is 0 Å². The number of aliphatic carboxylic acids is 1. The van der Waals surface area contributed by atoms with Crippen LogP contribution in [0.3, 0.4) is 0 Å². The average Bonchev–Trinajstić information content (AvgIpc) is 2.37. The smallest absolute Gasteiger partial charge is 0.328 e. The van der Waals surface area contributed by atoms with Crippen molar-refractivity contribution in [3.63, 3.8) is 0 Å². The summed E-state index contributed by atoms with van der Waals surface area (Å²) in [6.07, 6.45) is 0. The zero-order valence-electron chi connectivity index (χ0n) is 11.8. The number of hydrogen-bond acceptors (Lipinski definition) is 5. The highest BCUT2D eigenvalue weighted by Crippen LogP contribution is 2.26. The Morgan fingerprint density at radius 3 is 2.81 bits per heavy atom. The highest BCUT2D eigenvalue weighted by Gasteiger charge is 2.47. The molecule has 0 unspecified atom stereocenters. The van der Waals surface area contributed by atoms with E-state index in [-0.39, 0.29) is 17.4 Å². The lowest BCUT2D eigenvalue weighted by molar-refractivity contribution is -0.142. The van der Waals surface area contributed by atoms with Crippen molar-refractivity contribution in [2.24, 2.45) is 0 Å². The Balaban J connectivity index is 2.03. The Hall–Kier alpha value is -2.41. The molecule has 0 amide bonds. The number of fused-ring (bicyclic) bond motifs is 1. The second-order valence-electron chi connectivity index (χ2n) is 5.37. The third-order valence-corrected chi connectivity index (χ3v) is 3.85. The van der Waals surface area contributed by atoms with Crippen LogP contribution in [0.1, 0.15) is 0 Å². The second-order valence-corrected chi connectivity index (χ2v) is 5.37. The summed E-state index contributed by atoms with van der Waals surface area (Å²) >= 11 is 0. The zero-order valence-corrected chi connectivity index (χ0v) is 11.8. The van der Waals surface area contributed by atoms with Crippen LogP contribution in [0.2, 0.25) is 0 Å². The van der Waals surface area contributed by atoms with Gasteiger partial charge in [-0.25, -0.2) is 9.78 Å². The topological polar surface area (TPSA) is 89.5 Å². The highest BCUT2D eigenvalue weighted by molar-refractivity contribution is 5.82. The molecule has 110 valence electrons. The van der Waals surface area contributed by atoms with Crippen LogP contribution in [0.4, 0.5) is 5.82 Å². The summed E-state index contributed by atoms with van der Waals surface area (Å²) in [5.74, 6) is -0.784. The number of anilines is 1. The summed E-state index contributed by atoms with van der Waals surface area (Å²) in [7, 11) is 3.66. The molecule has 2 heterocycles. The van der Waals surface area contributed by atoms with Crippen molar-refractivity contribution in [2.45, 2.75) is 12.1 Å². The number of carboxylic acid groups (broad SMARTS) is 1. The Bertz CT molecular complexity index is 755. The Morgan fingerprint density at radius 2 is 2.14 bits per heavy atom. The van der Waals surface area contributed by atoms with Crippen LogP contribution in [-0.2, 0) is 4.79 Å². The van der Waals surface area contributed by atoms with E-state index >= 15 is 0 Å². The van der Waals surface area contributed by atoms with E-state index in [2.05, 4.69) is 9.97 Å². The van der Waals surface area contributed by atoms with Gasteiger partial charge in [0, 0.05) is 6.54 Å². The summed E-state index contributed by atoms with van der Waals surface area (Å²) in [6.45, 7) is 0.471. The maximum Gasteiger partial charge on any atom is 0.328 e. The minimum atomic E-state index is -0.950. The number of aromatic amines is 1. The van der Waals surface area contributed by atoms with Crippen LogP contribution in [0.15, 0.2) is 29.1 Å². The van der Waals surface area contributed by atoms with Crippen molar-refractivity contribution >= 4 is 22.8 Å². The first-order valence-corrected chi connectivity index (χ1v) is 6.64. The molecule has 0 spiro atoms. The fraction of sp³-hybridized carbons (Fsp3) is 0.357. The molecule has 2 atom stereocenters. The van der Waals surface area contributed by atoms with Crippen molar-refractivity contribution in [2.75, 3.05) is 25.5 Å². The van der Waals surface area contributed by atoms with Crippen LogP contribution < -0.4 is 10.5 Å². The lowest BCUT2D eigenvalue weighted by Gasteiger charge is -2.48. The predicted molar refractivity (Wildman–Crippen MR) is 78.6 cm³/mol. The molecule has 1 aromatic heterocycles. The third kappa shape index (κ3) is 2.15. The predicted octanol–water partition coefficient (Wildman–Crippen LogP) is 0.126. The fourth-order valence-corrected chi connectivity index (χ4v) is 2.66. The molecule has 2 aromatic rings. The minimum absolute atomic E-state index is 0.129. The Labute approximate surface area is 120 Å². The number of rotatable bonds is 3. The standard InChI is InChI=1S/C14H16N4O3/c1-17(2)10-7-18(11(10)14(20)21)12-13(19)16-9-6-4-3-5-8(9)15-12/h3-6,10-11H,7H2,1-2H3,(H,16,19)(H,20,21)/t10-,11+/m1/s1. The molecule has 21 heavy (non-hydrogen) atoms. The second kappa shape index (κ2) is 4.85. The van der Waals surface area contributed by atoms with Gasteiger partial charge in [0.2, 0.25) is 0 Å². The van der Waals surface area contributed by atoms with E-state index in [1.807, 2.05) is 31.1 Å². The van der Waals surface area contributed by atoms with Crippen molar-refractivity contribution in [3.05, 3.63) is 34.6 Å². The molecule has 3 rings (SSSR count). The quantitative estimate of drug-likeness (QED) is 0.834. The SMILES string of the molecule is CN(C)[C@@H]1CN(c2nc3ccccc3[nH]c2=O)[C@@H]1C(=O)O. The summed E-state index contributed by atoms with van der Waals surface area (Å²) in [5, 5.41) is 9.38. The first kappa shape index (κ1) is 13.6. The van der Waals surface area contributed by atoms with E-state index < -0.39 is 12.0 Å². The molecule has 1 aliphatic heterocycles. The number of carbonyl (C=O) groups is 1. The number of nitrogens with one attached hydrogen (secondary N) is 1. The average molecular weight is 288 g/mol. The summed E-state index contributed by atoms with van der Waals surface area (Å²) in [4.78, 5) is 34.1. The van der Waals surface area contributed by atoms with Crippen molar-refractivity contribution in [1.29, 1.82) is 0 Å². The third-order valence-electron chi connectivity index (χ3n) is 3.85. The van der Waals surface area contributed by atoms with Gasteiger partial charge in [-0.1, -0.05) is 12.1 Å². The van der Waals surface area contributed by atoms with Gasteiger partial charge in [-0.3, -0.25) is 4.79 Å². The zero-order chi connectivity index (χ0) is 15.1. The molecule has 7 nitrogen and oxygen atoms in total. The van der Waals surface area contributed by atoms with Gasteiger partial charge >= 0.3 is 5.97 Å². The molecule has 0 aliphatic carbocycles. The van der Waals surface area contributed by atoms with Crippen LogP contribution >= 0.6 is 0 Å². The lowest BCUT2D eigenvalue weighted by atomic mass is 9.95. The van der Waals surface area contributed by atoms with Gasteiger partial charge in [-0.15, -0.1) is 0 Å². The van der Waals surface area contributed by atoms with Crippen LogP contribution in [0.25, 0.3) is 11.0 Å². The summed E-state index contributed by atoms with van der Waals surface area (Å²) < 4.78 is 0. The Kier molecular flexibility index (Phi) is 3.13. The minimum Gasteiger partial charge on any atom is -0.480 e.